The summed E-state index contributed by atoms with van der Waals surface area (Å²) < 4.78 is 27.8. The van der Waals surface area contributed by atoms with E-state index in [0.717, 1.165) is 0 Å². The topological polar surface area (TPSA) is 75.3 Å². The molecule has 2 N–H and O–H groups in total. The summed E-state index contributed by atoms with van der Waals surface area (Å²) in [4.78, 5) is 12.5. The van der Waals surface area contributed by atoms with Crippen molar-refractivity contribution in [1.82, 2.24) is 0 Å². The van der Waals surface area contributed by atoms with Gasteiger partial charge < -0.3 is 5.32 Å². The summed E-state index contributed by atoms with van der Waals surface area (Å²) in [6, 6.07) is 17.1. The summed E-state index contributed by atoms with van der Waals surface area (Å²) in [5.74, 6) is -0.346. The van der Waals surface area contributed by atoms with Gasteiger partial charge >= 0.3 is 0 Å². The Hall–Kier alpha value is -2.06. The lowest BCUT2D eigenvalue weighted by Gasteiger charge is -2.11. The molecule has 0 atom stereocenters. The van der Waals surface area contributed by atoms with Crippen molar-refractivity contribution >= 4 is 66.4 Å². The molecule has 144 valence electrons. The minimum atomic E-state index is -3.78. The van der Waals surface area contributed by atoms with Crippen molar-refractivity contribution in [3.05, 3.63) is 86.8 Å². The summed E-state index contributed by atoms with van der Waals surface area (Å²) >= 11 is 14.9. The van der Waals surface area contributed by atoms with E-state index in [2.05, 4.69) is 26.0 Å². The third kappa shape index (κ3) is 5.05. The molecule has 0 spiro atoms. The fraction of sp³-hybridized carbons (Fsp3) is 0. The van der Waals surface area contributed by atoms with Gasteiger partial charge in [0.15, 0.2) is 0 Å². The van der Waals surface area contributed by atoms with E-state index in [9.17, 15) is 13.2 Å². The summed E-state index contributed by atoms with van der Waals surface area (Å²) in [6.45, 7) is 0. The molecule has 5 nitrogen and oxygen atoms in total. The first-order valence-corrected chi connectivity index (χ1v) is 10.9. The van der Waals surface area contributed by atoms with Crippen LogP contribution in [0.25, 0.3) is 0 Å². The van der Waals surface area contributed by atoms with E-state index in [1.807, 2.05) is 0 Å². The predicted molar refractivity (Wildman–Crippen MR) is 116 cm³/mol. The third-order valence-corrected chi connectivity index (χ3v) is 6.25. The van der Waals surface area contributed by atoms with Crippen LogP contribution in [0.3, 0.4) is 0 Å². The third-order valence-electron chi connectivity index (χ3n) is 3.69. The van der Waals surface area contributed by atoms with Crippen LogP contribution in [0.2, 0.25) is 10.0 Å². The number of nitrogens with one attached hydrogen (secondary N) is 2. The molecular formula is C19H13BrCl2N2O3S. The highest BCUT2D eigenvalue weighted by molar-refractivity contribution is 9.10. The van der Waals surface area contributed by atoms with Crippen LogP contribution in [-0.2, 0) is 10.0 Å². The van der Waals surface area contributed by atoms with E-state index in [0.29, 0.717) is 31.5 Å². The SMILES string of the molecule is O=C(Nc1ccc(Cl)cc1)c1ccc(NS(=O)(=O)c2ccc(Cl)cc2)cc1Br. The van der Waals surface area contributed by atoms with Crippen LogP contribution in [0.5, 0.6) is 0 Å². The van der Waals surface area contributed by atoms with Gasteiger partial charge in [-0.2, -0.15) is 0 Å². The van der Waals surface area contributed by atoms with Crippen LogP contribution >= 0.6 is 39.1 Å². The van der Waals surface area contributed by atoms with E-state index < -0.39 is 10.0 Å². The zero-order valence-electron chi connectivity index (χ0n) is 14.1. The molecule has 0 aliphatic heterocycles. The van der Waals surface area contributed by atoms with Gasteiger partial charge in [-0.1, -0.05) is 23.2 Å². The second-order valence-corrected chi connectivity index (χ2v) is 9.12. The van der Waals surface area contributed by atoms with Gasteiger partial charge in [-0.15, -0.1) is 0 Å². The van der Waals surface area contributed by atoms with Gasteiger partial charge in [0.05, 0.1) is 10.5 Å². The maximum absolute atomic E-state index is 12.5. The Balaban J connectivity index is 1.77. The number of carbonyl (C=O) groups excluding carboxylic acids is 1. The molecule has 9 heteroatoms. The van der Waals surface area contributed by atoms with Gasteiger partial charge in [-0.05, 0) is 82.7 Å². The van der Waals surface area contributed by atoms with Crippen molar-refractivity contribution in [3.8, 4) is 0 Å². The second-order valence-electron chi connectivity index (χ2n) is 5.72. The molecule has 3 aromatic rings. The lowest BCUT2D eigenvalue weighted by Crippen LogP contribution is -2.15. The first-order chi connectivity index (χ1) is 13.2. The number of halogens is 3. The van der Waals surface area contributed by atoms with Crippen molar-refractivity contribution in [2.45, 2.75) is 4.90 Å². The standard InChI is InChI=1S/C19H13BrCl2N2O3S/c20-18-11-15(24-28(26,27)16-8-3-13(22)4-9-16)7-10-17(18)19(25)23-14-5-1-12(21)2-6-14/h1-11,24H,(H,23,25). The lowest BCUT2D eigenvalue weighted by atomic mass is 10.2. The fourth-order valence-corrected chi connectivity index (χ4v) is 4.18. The van der Waals surface area contributed by atoms with Crippen molar-refractivity contribution in [2.24, 2.45) is 0 Å². The molecule has 0 aliphatic carbocycles. The lowest BCUT2D eigenvalue weighted by molar-refractivity contribution is 0.102. The monoisotopic (exact) mass is 498 g/mol. The molecule has 3 aromatic carbocycles. The van der Waals surface area contributed by atoms with Crippen molar-refractivity contribution in [3.63, 3.8) is 0 Å². The first-order valence-electron chi connectivity index (χ1n) is 7.89. The van der Waals surface area contributed by atoms with Gasteiger partial charge in [0.2, 0.25) is 0 Å². The normalized spacial score (nSPS) is 11.1. The molecule has 0 saturated heterocycles. The zero-order chi connectivity index (χ0) is 20.3. The molecule has 1 amide bonds. The minimum absolute atomic E-state index is 0.0811. The molecular weight excluding hydrogens is 487 g/mol. The quantitative estimate of drug-likeness (QED) is 0.465. The minimum Gasteiger partial charge on any atom is -0.322 e. The zero-order valence-corrected chi connectivity index (χ0v) is 18.0. The van der Waals surface area contributed by atoms with Crippen molar-refractivity contribution in [1.29, 1.82) is 0 Å². The highest BCUT2D eigenvalue weighted by Gasteiger charge is 2.16. The molecule has 3 rings (SSSR count). The molecule has 0 radical (unpaired) electrons. The number of rotatable bonds is 5. The second kappa shape index (κ2) is 8.53. The van der Waals surface area contributed by atoms with Crippen LogP contribution in [0.15, 0.2) is 76.1 Å². The summed E-state index contributed by atoms with van der Waals surface area (Å²) in [5.41, 5.74) is 1.25. The van der Waals surface area contributed by atoms with Crippen molar-refractivity contribution < 1.29 is 13.2 Å². The molecule has 0 aromatic heterocycles. The summed E-state index contributed by atoms with van der Waals surface area (Å²) in [7, 11) is -3.78. The van der Waals surface area contributed by atoms with Crippen molar-refractivity contribution in [2.75, 3.05) is 10.0 Å². The molecule has 0 saturated carbocycles. The molecule has 0 fully saturated rings. The van der Waals surface area contributed by atoms with Gasteiger partial charge in [0.1, 0.15) is 0 Å². The van der Waals surface area contributed by atoms with Gasteiger partial charge in [0, 0.05) is 25.9 Å². The summed E-state index contributed by atoms with van der Waals surface area (Å²) in [6.07, 6.45) is 0. The van der Waals surface area contributed by atoms with Crippen LogP contribution in [0.1, 0.15) is 10.4 Å². The van der Waals surface area contributed by atoms with Crippen LogP contribution in [0.4, 0.5) is 11.4 Å². The Morgan fingerprint density at radius 3 is 1.93 bits per heavy atom. The Labute approximate surface area is 180 Å². The molecule has 0 unspecified atom stereocenters. The number of anilines is 2. The van der Waals surface area contributed by atoms with Crippen LogP contribution in [0, 0.1) is 0 Å². The van der Waals surface area contributed by atoms with E-state index >= 15 is 0 Å². The number of benzene rings is 3. The average molecular weight is 500 g/mol. The van der Waals surface area contributed by atoms with Crippen LogP contribution < -0.4 is 10.0 Å². The fourth-order valence-electron chi connectivity index (χ4n) is 2.32. The molecule has 28 heavy (non-hydrogen) atoms. The van der Waals surface area contributed by atoms with E-state index in [1.165, 1.54) is 42.5 Å². The first kappa shape index (κ1) is 20.7. The maximum atomic E-state index is 12.5. The number of carbonyl (C=O) groups is 1. The highest BCUT2D eigenvalue weighted by Crippen LogP contribution is 2.25. The molecule has 0 aliphatic rings. The summed E-state index contributed by atoms with van der Waals surface area (Å²) in [5, 5.41) is 3.75. The Morgan fingerprint density at radius 1 is 0.821 bits per heavy atom. The van der Waals surface area contributed by atoms with Gasteiger partial charge in [-0.3, -0.25) is 9.52 Å². The predicted octanol–water partition coefficient (Wildman–Crippen LogP) is 5.81. The van der Waals surface area contributed by atoms with E-state index in [4.69, 9.17) is 23.2 Å². The number of hydrogen-bond donors (Lipinski definition) is 2. The Morgan fingerprint density at radius 2 is 1.36 bits per heavy atom. The highest BCUT2D eigenvalue weighted by atomic mass is 79.9. The van der Waals surface area contributed by atoms with Gasteiger partial charge in [-0.25, -0.2) is 8.42 Å². The number of hydrogen-bond acceptors (Lipinski definition) is 3. The smallest absolute Gasteiger partial charge is 0.261 e. The number of sulfonamides is 1. The Kier molecular flexibility index (Phi) is 6.30. The van der Waals surface area contributed by atoms with E-state index in [1.54, 1.807) is 24.3 Å². The van der Waals surface area contributed by atoms with Crippen LogP contribution in [-0.4, -0.2) is 14.3 Å². The molecule has 0 heterocycles. The molecule has 0 bridgehead atoms. The van der Waals surface area contributed by atoms with Gasteiger partial charge in [0.25, 0.3) is 15.9 Å². The largest absolute Gasteiger partial charge is 0.322 e. The Bertz CT molecular complexity index is 1120. The number of amides is 1. The van der Waals surface area contributed by atoms with E-state index in [-0.39, 0.29) is 10.8 Å². The maximum Gasteiger partial charge on any atom is 0.261 e. The average Bonchev–Trinajstić information content (AvgIpc) is 2.63.